The van der Waals surface area contributed by atoms with Crippen LogP contribution in [0, 0.1) is 0 Å². The van der Waals surface area contributed by atoms with E-state index in [-0.39, 0.29) is 24.0 Å². The minimum atomic E-state index is -0.123. The molecule has 1 saturated heterocycles. The summed E-state index contributed by atoms with van der Waals surface area (Å²) in [6.45, 7) is 4.02. The Kier molecular flexibility index (Phi) is 2.75. The molecule has 0 spiro atoms. The zero-order chi connectivity index (χ0) is 11.0. The molecule has 0 radical (unpaired) electrons. The van der Waals surface area contributed by atoms with Gasteiger partial charge in [0.25, 0.3) is 0 Å². The molecule has 5 heteroatoms. The van der Waals surface area contributed by atoms with Crippen molar-refractivity contribution in [3.8, 4) is 0 Å². The number of amides is 1. The average Bonchev–Trinajstić information content (AvgIpc) is 2.71. The minimum absolute atomic E-state index is 0.0382. The second-order valence-corrected chi connectivity index (χ2v) is 4.84. The molecule has 0 aliphatic carbocycles. The summed E-state index contributed by atoms with van der Waals surface area (Å²) < 4.78 is 0. The van der Waals surface area contributed by atoms with Gasteiger partial charge in [-0.25, -0.2) is 4.98 Å². The second-order valence-electron chi connectivity index (χ2n) is 4.12. The van der Waals surface area contributed by atoms with Gasteiger partial charge in [0.1, 0.15) is 0 Å². The molecule has 1 amide bonds. The fraction of sp³-hybridized carbons (Fsp3) is 0.600. The first-order valence-corrected chi connectivity index (χ1v) is 6.00. The van der Waals surface area contributed by atoms with Crippen LogP contribution in [-0.4, -0.2) is 27.9 Å². The van der Waals surface area contributed by atoms with Crippen molar-refractivity contribution in [2.45, 2.75) is 38.4 Å². The highest BCUT2D eigenvalue weighted by molar-refractivity contribution is 7.07. The molecule has 0 unspecified atom stereocenters. The molecule has 1 aromatic rings. The first kappa shape index (κ1) is 10.6. The Hall–Kier alpha value is -0.940. The van der Waals surface area contributed by atoms with Crippen LogP contribution in [0.2, 0.25) is 0 Å². The maximum atomic E-state index is 11.8. The second kappa shape index (κ2) is 3.90. The maximum absolute atomic E-state index is 11.8. The maximum Gasteiger partial charge on any atom is 0.225 e. The van der Waals surface area contributed by atoms with Gasteiger partial charge in [-0.2, -0.15) is 0 Å². The van der Waals surface area contributed by atoms with Crippen LogP contribution in [0.3, 0.4) is 0 Å². The van der Waals surface area contributed by atoms with Gasteiger partial charge in [-0.15, -0.1) is 11.3 Å². The third-order valence-corrected chi connectivity index (χ3v) is 3.32. The van der Waals surface area contributed by atoms with Crippen molar-refractivity contribution < 1.29 is 4.79 Å². The number of nitrogens with zero attached hydrogens (tertiary/aromatic N) is 2. The monoisotopic (exact) mass is 225 g/mol. The lowest BCUT2D eigenvalue weighted by atomic mass is 10.1. The summed E-state index contributed by atoms with van der Waals surface area (Å²) >= 11 is 1.54. The summed E-state index contributed by atoms with van der Waals surface area (Å²) in [6.07, 6.45) is 0.431. The molecule has 82 valence electrons. The number of aromatic nitrogens is 1. The highest BCUT2D eigenvalue weighted by Crippen LogP contribution is 2.33. The molecule has 2 atom stereocenters. The standard InChI is InChI=1S/C10H15N3OS/c1-6(2)13-9(14)3-7(11)10(13)8-4-15-5-12-8/h4-7,10H,3,11H2,1-2H3/t7-,10-/m0/s1. The number of likely N-dealkylation sites (tertiary alicyclic amines) is 1. The smallest absolute Gasteiger partial charge is 0.225 e. The summed E-state index contributed by atoms with van der Waals surface area (Å²) in [4.78, 5) is 17.9. The summed E-state index contributed by atoms with van der Waals surface area (Å²) in [5.41, 5.74) is 8.70. The minimum Gasteiger partial charge on any atom is -0.330 e. The van der Waals surface area contributed by atoms with Crippen LogP contribution in [0.5, 0.6) is 0 Å². The van der Waals surface area contributed by atoms with E-state index in [9.17, 15) is 4.79 Å². The van der Waals surface area contributed by atoms with Crippen LogP contribution in [0.1, 0.15) is 32.0 Å². The third kappa shape index (κ3) is 1.77. The lowest BCUT2D eigenvalue weighted by molar-refractivity contribution is -0.130. The number of hydrogen-bond acceptors (Lipinski definition) is 4. The zero-order valence-electron chi connectivity index (χ0n) is 8.88. The van der Waals surface area contributed by atoms with Crippen LogP contribution in [0.15, 0.2) is 10.9 Å². The van der Waals surface area contributed by atoms with E-state index in [1.54, 1.807) is 5.51 Å². The molecule has 0 bridgehead atoms. The summed E-state index contributed by atoms with van der Waals surface area (Å²) in [5.74, 6) is 0.135. The molecular formula is C10H15N3OS. The molecule has 4 nitrogen and oxygen atoms in total. The Morgan fingerprint density at radius 1 is 1.67 bits per heavy atom. The first-order valence-electron chi connectivity index (χ1n) is 5.06. The Morgan fingerprint density at radius 3 is 2.93 bits per heavy atom. The number of nitrogens with two attached hydrogens (primary N) is 1. The lowest BCUT2D eigenvalue weighted by Gasteiger charge is -2.29. The van der Waals surface area contributed by atoms with Crippen LogP contribution < -0.4 is 5.73 Å². The molecule has 1 fully saturated rings. The molecular weight excluding hydrogens is 210 g/mol. The van der Waals surface area contributed by atoms with E-state index in [1.807, 2.05) is 24.1 Å². The normalized spacial score (nSPS) is 26.7. The van der Waals surface area contributed by atoms with E-state index in [0.29, 0.717) is 6.42 Å². The van der Waals surface area contributed by atoms with Gasteiger partial charge in [-0.05, 0) is 13.8 Å². The van der Waals surface area contributed by atoms with E-state index in [0.717, 1.165) is 5.69 Å². The van der Waals surface area contributed by atoms with Gasteiger partial charge in [0.2, 0.25) is 5.91 Å². The van der Waals surface area contributed by atoms with Crippen LogP contribution in [0.4, 0.5) is 0 Å². The van der Waals surface area contributed by atoms with Gasteiger partial charge in [-0.1, -0.05) is 0 Å². The van der Waals surface area contributed by atoms with E-state index in [4.69, 9.17) is 5.73 Å². The predicted molar refractivity (Wildman–Crippen MR) is 59.4 cm³/mol. The number of rotatable bonds is 2. The van der Waals surface area contributed by atoms with Crippen molar-refractivity contribution in [1.82, 2.24) is 9.88 Å². The van der Waals surface area contributed by atoms with Crippen molar-refractivity contribution in [3.63, 3.8) is 0 Å². The Balaban J connectivity index is 2.32. The van der Waals surface area contributed by atoms with Crippen molar-refractivity contribution >= 4 is 17.2 Å². The van der Waals surface area contributed by atoms with Crippen LogP contribution in [0.25, 0.3) is 0 Å². The fourth-order valence-electron chi connectivity index (χ4n) is 2.12. The largest absolute Gasteiger partial charge is 0.330 e. The topological polar surface area (TPSA) is 59.2 Å². The van der Waals surface area contributed by atoms with Gasteiger partial charge < -0.3 is 10.6 Å². The number of carbonyl (C=O) groups is 1. The highest BCUT2D eigenvalue weighted by Gasteiger charge is 2.40. The van der Waals surface area contributed by atoms with E-state index in [2.05, 4.69) is 4.98 Å². The van der Waals surface area contributed by atoms with Crippen LogP contribution >= 0.6 is 11.3 Å². The highest BCUT2D eigenvalue weighted by atomic mass is 32.1. The van der Waals surface area contributed by atoms with Crippen molar-refractivity contribution in [3.05, 3.63) is 16.6 Å². The van der Waals surface area contributed by atoms with Crippen molar-refractivity contribution in [2.75, 3.05) is 0 Å². The zero-order valence-corrected chi connectivity index (χ0v) is 9.70. The molecule has 0 aromatic carbocycles. The molecule has 1 aromatic heterocycles. The summed E-state index contributed by atoms with van der Waals surface area (Å²) in [6, 6.07) is 0.0171. The van der Waals surface area contributed by atoms with Crippen LogP contribution in [-0.2, 0) is 4.79 Å². The van der Waals surface area contributed by atoms with Gasteiger partial charge >= 0.3 is 0 Å². The summed E-state index contributed by atoms with van der Waals surface area (Å²) in [5, 5.41) is 1.97. The fourth-order valence-corrected chi connectivity index (χ4v) is 2.70. The number of carbonyl (C=O) groups excluding carboxylic acids is 1. The third-order valence-electron chi connectivity index (χ3n) is 2.71. The van der Waals surface area contributed by atoms with Crippen molar-refractivity contribution in [1.29, 1.82) is 0 Å². The van der Waals surface area contributed by atoms with Gasteiger partial charge in [0.05, 0.1) is 17.2 Å². The lowest BCUT2D eigenvalue weighted by Crippen LogP contribution is -2.37. The quantitative estimate of drug-likeness (QED) is 0.821. The van der Waals surface area contributed by atoms with E-state index >= 15 is 0 Å². The number of hydrogen-bond donors (Lipinski definition) is 1. The van der Waals surface area contributed by atoms with E-state index in [1.165, 1.54) is 11.3 Å². The average molecular weight is 225 g/mol. The molecule has 2 N–H and O–H groups in total. The first-order chi connectivity index (χ1) is 7.11. The van der Waals surface area contributed by atoms with Gasteiger partial charge in [0.15, 0.2) is 0 Å². The Bertz CT molecular complexity index is 350. The molecule has 2 heterocycles. The summed E-state index contributed by atoms with van der Waals surface area (Å²) in [7, 11) is 0. The van der Waals surface area contributed by atoms with E-state index < -0.39 is 0 Å². The molecule has 2 rings (SSSR count). The Morgan fingerprint density at radius 2 is 2.40 bits per heavy atom. The van der Waals surface area contributed by atoms with Gasteiger partial charge in [-0.3, -0.25) is 4.79 Å². The molecule has 1 aliphatic heterocycles. The SMILES string of the molecule is CC(C)N1C(=O)C[C@H](N)[C@H]1c1cscn1. The molecule has 0 saturated carbocycles. The van der Waals surface area contributed by atoms with Gasteiger partial charge in [0, 0.05) is 23.9 Å². The van der Waals surface area contributed by atoms with Crippen molar-refractivity contribution in [2.24, 2.45) is 5.73 Å². The molecule has 1 aliphatic rings. The Labute approximate surface area is 93.1 Å². The predicted octanol–water partition coefficient (Wildman–Crippen LogP) is 1.15. The number of thiazole rings is 1. The molecule has 15 heavy (non-hydrogen) atoms.